The first-order valence-corrected chi connectivity index (χ1v) is 11.1. The molecule has 0 saturated carbocycles. The van der Waals surface area contributed by atoms with Gasteiger partial charge in [0.25, 0.3) is 10.0 Å². The Morgan fingerprint density at radius 3 is 2.74 bits per heavy atom. The highest BCUT2D eigenvalue weighted by Crippen LogP contribution is 2.39. The Kier molecular flexibility index (Phi) is 4.75. The predicted molar refractivity (Wildman–Crippen MR) is 103 cm³/mol. The monoisotopic (exact) mass is 404 g/mol. The first-order valence-electron chi connectivity index (χ1n) is 8.85. The van der Waals surface area contributed by atoms with Crippen molar-refractivity contribution in [3.8, 4) is 6.07 Å². The molecule has 0 radical (unpaired) electrons. The van der Waals surface area contributed by atoms with E-state index in [9.17, 15) is 13.7 Å². The largest absolute Gasteiger partial charge is 0.382 e. The second-order valence-electron chi connectivity index (χ2n) is 6.94. The van der Waals surface area contributed by atoms with Gasteiger partial charge in [-0.05, 0) is 57.0 Å². The second kappa shape index (κ2) is 7.07. The zero-order valence-corrected chi connectivity index (χ0v) is 16.3. The van der Waals surface area contributed by atoms with Gasteiger partial charge in [-0.25, -0.2) is 13.4 Å². The Balaban J connectivity index is 1.52. The van der Waals surface area contributed by atoms with Crippen molar-refractivity contribution in [3.63, 3.8) is 0 Å². The van der Waals surface area contributed by atoms with Crippen LogP contribution in [0.15, 0.2) is 29.4 Å². The lowest BCUT2D eigenvalue weighted by molar-refractivity contribution is 0.209. The Morgan fingerprint density at radius 2 is 2.07 bits per heavy atom. The number of fused-ring (bicyclic) bond motifs is 1. The summed E-state index contributed by atoms with van der Waals surface area (Å²) in [6.45, 7) is 3.05. The van der Waals surface area contributed by atoms with Crippen LogP contribution in [-0.2, 0) is 10.0 Å². The van der Waals surface area contributed by atoms with E-state index in [-0.39, 0.29) is 15.6 Å². The van der Waals surface area contributed by atoms with Gasteiger partial charge in [0.15, 0.2) is 0 Å². The van der Waals surface area contributed by atoms with Crippen molar-refractivity contribution in [1.29, 1.82) is 5.26 Å². The number of hydrogen-bond acceptors (Lipinski definition) is 8. The third-order valence-electron chi connectivity index (χ3n) is 5.42. The third-order valence-corrected chi connectivity index (χ3v) is 7.47. The molecule has 0 spiro atoms. The topological polar surface area (TPSA) is 111 Å². The number of anilines is 2. The Hall–Kier alpha value is -2.22. The molecule has 2 aliphatic heterocycles. The minimum Gasteiger partial charge on any atom is -0.382 e. The summed E-state index contributed by atoms with van der Waals surface area (Å²) in [6.07, 6.45) is 6.04. The maximum atomic E-state index is 12.5. The molecule has 2 saturated heterocycles. The van der Waals surface area contributed by atoms with E-state index in [2.05, 4.69) is 30.4 Å². The number of rotatable bonds is 6. The summed E-state index contributed by atoms with van der Waals surface area (Å²) in [5.74, 6) is 0. The van der Waals surface area contributed by atoms with Crippen molar-refractivity contribution in [2.45, 2.75) is 36.1 Å². The van der Waals surface area contributed by atoms with Gasteiger partial charge in [-0.3, -0.25) is 9.62 Å². The molecule has 8 nitrogen and oxygen atoms in total. The van der Waals surface area contributed by atoms with Crippen molar-refractivity contribution >= 4 is 32.4 Å². The predicted octanol–water partition coefficient (Wildman–Crippen LogP) is 2.25. The number of nitrogens with one attached hydrogen (secondary N) is 2. The molecule has 27 heavy (non-hydrogen) atoms. The summed E-state index contributed by atoms with van der Waals surface area (Å²) < 4.78 is 31.1. The first kappa shape index (κ1) is 18.2. The van der Waals surface area contributed by atoms with Gasteiger partial charge in [0, 0.05) is 23.6 Å². The Bertz CT molecular complexity index is 958. The number of benzene rings is 1. The zero-order chi connectivity index (χ0) is 18.9. The smallest absolute Gasteiger partial charge is 0.263 e. The molecule has 0 amide bonds. The molecule has 0 bridgehead atoms. The van der Waals surface area contributed by atoms with E-state index in [1.807, 2.05) is 0 Å². The highest BCUT2D eigenvalue weighted by Gasteiger charge is 2.43. The van der Waals surface area contributed by atoms with Crippen LogP contribution in [0.4, 0.5) is 10.8 Å². The summed E-state index contributed by atoms with van der Waals surface area (Å²) in [6, 6.07) is 6.67. The van der Waals surface area contributed by atoms with Crippen LogP contribution in [0.2, 0.25) is 0 Å². The lowest BCUT2D eigenvalue weighted by Gasteiger charge is -2.32. The maximum Gasteiger partial charge on any atom is 0.263 e. The van der Waals surface area contributed by atoms with Gasteiger partial charge in [-0.1, -0.05) is 0 Å². The molecule has 2 fully saturated rings. The molecule has 1 aromatic heterocycles. The number of hydrogen-bond donors (Lipinski definition) is 2. The molecule has 4 rings (SSSR count). The van der Waals surface area contributed by atoms with Crippen LogP contribution in [0.5, 0.6) is 0 Å². The van der Waals surface area contributed by atoms with E-state index in [4.69, 9.17) is 0 Å². The second-order valence-corrected chi connectivity index (χ2v) is 9.41. The summed E-state index contributed by atoms with van der Waals surface area (Å²) in [7, 11) is -3.81. The van der Waals surface area contributed by atoms with E-state index in [0.29, 0.717) is 11.3 Å². The zero-order valence-electron chi connectivity index (χ0n) is 14.7. The van der Waals surface area contributed by atoms with Crippen LogP contribution in [0.25, 0.3) is 0 Å². The van der Waals surface area contributed by atoms with E-state index in [0.717, 1.165) is 31.2 Å². The molecule has 2 N–H and O–H groups in total. The van der Waals surface area contributed by atoms with Gasteiger partial charge in [0.05, 0.1) is 16.1 Å². The lowest BCUT2D eigenvalue weighted by Crippen LogP contribution is -2.44. The molecule has 2 aromatic rings. The number of sulfonamides is 1. The molecule has 0 aliphatic carbocycles. The molecule has 0 unspecified atom stereocenters. The number of nitriles is 1. The number of nitrogens with zero attached hydrogens (tertiary/aromatic N) is 4. The molecule has 3 heterocycles. The molecule has 1 aromatic carbocycles. The van der Waals surface area contributed by atoms with Crippen LogP contribution in [-0.4, -0.2) is 47.8 Å². The van der Waals surface area contributed by atoms with Gasteiger partial charge in [0.1, 0.15) is 12.4 Å². The molecule has 10 heteroatoms. The Labute approximate surface area is 162 Å². The maximum absolute atomic E-state index is 12.5. The Morgan fingerprint density at radius 1 is 1.30 bits per heavy atom. The van der Waals surface area contributed by atoms with Crippen LogP contribution in [0.1, 0.15) is 31.2 Å². The van der Waals surface area contributed by atoms with Crippen molar-refractivity contribution in [2.75, 3.05) is 29.7 Å². The molecule has 0 atom stereocenters. The fourth-order valence-corrected chi connectivity index (χ4v) is 5.79. The van der Waals surface area contributed by atoms with E-state index >= 15 is 0 Å². The van der Waals surface area contributed by atoms with Crippen molar-refractivity contribution < 1.29 is 8.42 Å². The SMILES string of the molecule is N#Cc1cc(S(=O)(=O)Nc2ncns2)ccc1NCC12CCCN1CCC2. The fourth-order valence-electron chi connectivity index (χ4n) is 4.10. The summed E-state index contributed by atoms with van der Waals surface area (Å²) >= 11 is 0.955. The van der Waals surface area contributed by atoms with E-state index in [1.54, 1.807) is 6.07 Å². The van der Waals surface area contributed by atoms with Crippen molar-refractivity contribution in [2.24, 2.45) is 0 Å². The van der Waals surface area contributed by atoms with Gasteiger partial charge >= 0.3 is 0 Å². The van der Waals surface area contributed by atoms with Gasteiger partial charge in [0.2, 0.25) is 5.13 Å². The normalized spacial score (nSPS) is 18.8. The highest BCUT2D eigenvalue weighted by molar-refractivity contribution is 7.93. The van der Waals surface area contributed by atoms with E-state index in [1.165, 1.54) is 44.1 Å². The summed E-state index contributed by atoms with van der Waals surface area (Å²) in [4.78, 5) is 6.39. The van der Waals surface area contributed by atoms with Crippen LogP contribution in [0.3, 0.4) is 0 Å². The van der Waals surface area contributed by atoms with Crippen LogP contribution >= 0.6 is 11.5 Å². The third kappa shape index (κ3) is 3.50. The summed E-state index contributed by atoms with van der Waals surface area (Å²) in [5, 5.41) is 13.1. The lowest BCUT2D eigenvalue weighted by atomic mass is 9.94. The minimum atomic E-state index is -3.81. The minimum absolute atomic E-state index is 0.0290. The average molecular weight is 405 g/mol. The van der Waals surface area contributed by atoms with Crippen LogP contribution < -0.4 is 10.0 Å². The van der Waals surface area contributed by atoms with Gasteiger partial charge < -0.3 is 5.32 Å². The fraction of sp³-hybridized carbons (Fsp3) is 0.471. The summed E-state index contributed by atoms with van der Waals surface area (Å²) in [5.41, 5.74) is 1.16. The van der Waals surface area contributed by atoms with Crippen molar-refractivity contribution in [1.82, 2.24) is 14.3 Å². The van der Waals surface area contributed by atoms with Gasteiger partial charge in [-0.2, -0.15) is 9.64 Å². The first-order chi connectivity index (χ1) is 13.0. The van der Waals surface area contributed by atoms with E-state index < -0.39 is 10.0 Å². The molecule has 142 valence electrons. The highest BCUT2D eigenvalue weighted by atomic mass is 32.2. The quantitative estimate of drug-likeness (QED) is 0.759. The number of aromatic nitrogens is 2. The molecular formula is C17H20N6O2S2. The molecule has 2 aliphatic rings. The molecular weight excluding hydrogens is 384 g/mol. The standard InChI is InChI=1S/C17H20N6O2S2/c18-10-13-9-14(27(24,25)22-16-20-12-21-26-16)3-4-15(13)19-11-17-5-1-7-23(17)8-2-6-17/h3-4,9,12,19H,1-2,5-8,11H2,(H,20,21,22). The average Bonchev–Trinajstić information content (AvgIpc) is 3.36. The van der Waals surface area contributed by atoms with Crippen molar-refractivity contribution in [3.05, 3.63) is 30.1 Å². The van der Waals surface area contributed by atoms with Crippen LogP contribution in [0, 0.1) is 11.3 Å². The van der Waals surface area contributed by atoms with Gasteiger partial charge in [-0.15, -0.1) is 0 Å².